The molecule has 2 fully saturated rings. The van der Waals surface area contributed by atoms with Crippen molar-refractivity contribution in [3.05, 3.63) is 0 Å². The highest BCUT2D eigenvalue weighted by atomic mass is 16.5. The molecule has 4 heteroatoms. The molecule has 2 rings (SSSR count). The average Bonchev–Trinajstić information content (AvgIpc) is 2.63. The third-order valence-electron chi connectivity index (χ3n) is 4.42. The molecule has 102 valence electrons. The zero-order chi connectivity index (χ0) is 13.0. The summed E-state index contributed by atoms with van der Waals surface area (Å²) in [5.74, 6) is 0. The Morgan fingerprint density at radius 1 is 1.44 bits per heavy atom. The quantitative estimate of drug-likeness (QED) is 0.808. The van der Waals surface area contributed by atoms with Gasteiger partial charge in [-0.2, -0.15) is 5.26 Å². The molecule has 18 heavy (non-hydrogen) atoms. The highest BCUT2D eigenvalue weighted by Crippen LogP contribution is 2.31. The number of rotatable bonds is 2. The number of nitriles is 1. The molecule has 2 aliphatic rings. The smallest absolute Gasteiger partial charge is 0.108 e. The van der Waals surface area contributed by atoms with Gasteiger partial charge in [-0.05, 0) is 46.1 Å². The molecule has 0 aromatic heterocycles. The van der Waals surface area contributed by atoms with Crippen LogP contribution < -0.4 is 5.32 Å². The summed E-state index contributed by atoms with van der Waals surface area (Å²) < 4.78 is 5.71. The molecule has 0 bridgehead atoms. The monoisotopic (exact) mass is 251 g/mol. The van der Waals surface area contributed by atoms with Crippen molar-refractivity contribution in [2.45, 2.75) is 56.7 Å². The maximum atomic E-state index is 9.41. The summed E-state index contributed by atoms with van der Waals surface area (Å²) in [6.45, 7) is 5.15. The molecule has 1 N–H and O–H groups in total. The van der Waals surface area contributed by atoms with Gasteiger partial charge in [0.2, 0.25) is 0 Å². The van der Waals surface area contributed by atoms with Crippen LogP contribution >= 0.6 is 0 Å². The van der Waals surface area contributed by atoms with Gasteiger partial charge in [0, 0.05) is 25.7 Å². The number of hydrogen-bond donors (Lipinski definition) is 1. The van der Waals surface area contributed by atoms with E-state index in [4.69, 9.17) is 4.74 Å². The van der Waals surface area contributed by atoms with Gasteiger partial charge < -0.3 is 10.1 Å². The van der Waals surface area contributed by atoms with Crippen LogP contribution in [-0.4, -0.2) is 49.3 Å². The van der Waals surface area contributed by atoms with Crippen molar-refractivity contribution < 1.29 is 4.74 Å². The normalized spacial score (nSPS) is 38.9. The Morgan fingerprint density at radius 2 is 2.28 bits per heavy atom. The van der Waals surface area contributed by atoms with Crippen LogP contribution in [0.5, 0.6) is 0 Å². The Balaban J connectivity index is 2.01. The van der Waals surface area contributed by atoms with Crippen LogP contribution in [0.25, 0.3) is 0 Å². The average molecular weight is 251 g/mol. The number of nitrogens with zero attached hydrogens (tertiary/aromatic N) is 2. The molecule has 0 amide bonds. The van der Waals surface area contributed by atoms with Gasteiger partial charge in [-0.15, -0.1) is 0 Å². The van der Waals surface area contributed by atoms with Gasteiger partial charge in [-0.25, -0.2) is 0 Å². The van der Waals surface area contributed by atoms with Crippen LogP contribution in [0.1, 0.15) is 39.0 Å². The summed E-state index contributed by atoms with van der Waals surface area (Å²) >= 11 is 0. The minimum absolute atomic E-state index is 0.306. The Morgan fingerprint density at radius 3 is 3.00 bits per heavy atom. The lowest BCUT2D eigenvalue weighted by Crippen LogP contribution is -2.52. The number of hydrogen-bond acceptors (Lipinski definition) is 4. The molecule has 1 saturated carbocycles. The Bertz CT molecular complexity index is 315. The minimum atomic E-state index is -0.306. The summed E-state index contributed by atoms with van der Waals surface area (Å²) in [5.41, 5.74) is -0.306. The molecule has 1 heterocycles. The lowest BCUT2D eigenvalue weighted by molar-refractivity contribution is 0.0513. The summed E-state index contributed by atoms with van der Waals surface area (Å²) in [6, 6.07) is 3.03. The molecule has 3 atom stereocenters. The predicted molar refractivity (Wildman–Crippen MR) is 71.3 cm³/mol. The topological polar surface area (TPSA) is 48.3 Å². The zero-order valence-electron chi connectivity index (χ0n) is 11.6. The van der Waals surface area contributed by atoms with E-state index in [1.807, 2.05) is 7.05 Å². The minimum Gasteiger partial charge on any atom is -0.377 e. The number of nitrogens with one attached hydrogen (secondary N) is 1. The van der Waals surface area contributed by atoms with Gasteiger partial charge in [0.1, 0.15) is 5.54 Å². The molecule has 0 aromatic rings. The van der Waals surface area contributed by atoms with Gasteiger partial charge in [-0.3, -0.25) is 4.90 Å². The van der Waals surface area contributed by atoms with E-state index in [1.165, 1.54) is 6.42 Å². The second-order valence-corrected chi connectivity index (χ2v) is 5.72. The van der Waals surface area contributed by atoms with E-state index >= 15 is 0 Å². The summed E-state index contributed by atoms with van der Waals surface area (Å²) in [5, 5.41) is 12.7. The van der Waals surface area contributed by atoms with E-state index in [1.54, 1.807) is 0 Å². The van der Waals surface area contributed by atoms with Crippen molar-refractivity contribution >= 4 is 0 Å². The molecule has 0 radical (unpaired) electrons. The molecule has 1 saturated heterocycles. The summed E-state index contributed by atoms with van der Waals surface area (Å²) in [7, 11) is 1.92. The number of ether oxygens (including phenoxy) is 1. The molecule has 3 unspecified atom stereocenters. The third kappa shape index (κ3) is 3.03. The Hall–Kier alpha value is -0.630. The Labute approximate surface area is 110 Å². The van der Waals surface area contributed by atoms with E-state index < -0.39 is 0 Å². The van der Waals surface area contributed by atoms with Gasteiger partial charge in [0.05, 0.1) is 12.2 Å². The maximum absolute atomic E-state index is 9.41. The van der Waals surface area contributed by atoms with Crippen LogP contribution in [0.15, 0.2) is 0 Å². The van der Waals surface area contributed by atoms with Crippen molar-refractivity contribution in [1.29, 1.82) is 5.26 Å². The fraction of sp³-hybridized carbons (Fsp3) is 0.929. The van der Waals surface area contributed by atoms with E-state index in [-0.39, 0.29) is 5.54 Å². The molecule has 0 aromatic carbocycles. The Kier molecular flexibility index (Phi) is 4.60. The molecule has 1 aliphatic heterocycles. The first-order valence-corrected chi connectivity index (χ1v) is 7.15. The standard InChI is InChI=1S/C14H25N3O/c1-12-10-17(7-4-8-18-12)13-5-3-6-14(9-13,11-15)16-2/h12-13,16H,3-10H2,1-2H3. The van der Waals surface area contributed by atoms with E-state index in [9.17, 15) is 5.26 Å². The summed E-state index contributed by atoms with van der Waals surface area (Å²) in [4.78, 5) is 2.54. The first-order chi connectivity index (χ1) is 8.69. The molecule has 0 spiro atoms. The first kappa shape index (κ1) is 13.8. The molecular formula is C14H25N3O. The third-order valence-corrected chi connectivity index (χ3v) is 4.42. The maximum Gasteiger partial charge on any atom is 0.108 e. The van der Waals surface area contributed by atoms with Gasteiger partial charge in [-0.1, -0.05) is 0 Å². The predicted octanol–water partition coefficient (Wildman–Crippen LogP) is 1.52. The van der Waals surface area contributed by atoms with Crippen molar-refractivity contribution in [3.63, 3.8) is 0 Å². The van der Waals surface area contributed by atoms with Crippen LogP contribution in [0.3, 0.4) is 0 Å². The highest BCUT2D eigenvalue weighted by molar-refractivity contribution is 5.10. The summed E-state index contributed by atoms with van der Waals surface area (Å²) in [6.07, 6.45) is 5.73. The van der Waals surface area contributed by atoms with Crippen molar-refractivity contribution in [2.75, 3.05) is 26.7 Å². The molecular weight excluding hydrogens is 226 g/mol. The van der Waals surface area contributed by atoms with Crippen LogP contribution in [-0.2, 0) is 4.74 Å². The lowest BCUT2D eigenvalue weighted by Gasteiger charge is -2.41. The van der Waals surface area contributed by atoms with Gasteiger partial charge in [0.15, 0.2) is 0 Å². The SMILES string of the molecule is CNC1(C#N)CCCC(N2CCCOC(C)C2)C1. The van der Waals surface area contributed by atoms with Crippen molar-refractivity contribution in [3.8, 4) is 6.07 Å². The van der Waals surface area contributed by atoms with Gasteiger partial charge in [0.25, 0.3) is 0 Å². The van der Waals surface area contributed by atoms with E-state index in [2.05, 4.69) is 23.2 Å². The van der Waals surface area contributed by atoms with Crippen LogP contribution in [0.2, 0.25) is 0 Å². The van der Waals surface area contributed by atoms with Crippen LogP contribution in [0, 0.1) is 11.3 Å². The van der Waals surface area contributed by atoms with Crippen LogP contribution in [0.4, 0.5) is 0 Å². The van der Waals surface area contributed by atoms with Crippen molar-refractivity contribution in [1.82, 2.24) is 10.2 Å². The largest absolute Gasteiger partial charge is 0.377 e. The lowest BCUT2D eigenvalue weighted by atomic mass is 9.79. The fourth-order valence-electron chi connectivity index (χ4n) is 3.30. The zero-order valence-corrected chi connectivity index (χ0v) is 11.6. The molecule has 1 aliphatic carbocycles. The van der Waals surface area contributed by atoms with E-state index in [0.717, 1.165) is 45.4 Å². The fourth-order valence-corrected chi connectivity index (χ4v) is 3.30. The van der Waals surface area contributed by atoms with Crippen molar-refractivity contribution in [2.24, 2.45) is 0 Å². The first-order valence-electron chi connectivity index (χ1n) is 7.15. The van der Waals surface area contributed by atoms with Gasteiger partial charge >= 0.3 is 0 Å². The highest BCUT2D eigenvalue weighted by Gasteiger charge is 2.37. The molecule has 4 nitrogen and oxygen atoms in total. The second-order valence-electron chi connectivity index (χ2n) is 5.72. The second kappa shape index (κ2) is 6.01. The van der Waals surface area contributed by atoms with E-state index in [0.29, 0.717) is 12.1 Å².